The van der Waals surface area contributed by atoms with Crippen molar-refractivity contribution in [1.82, 2.24) is 16.0 Å². The van der Waals surface area contributed by atoms with Crippen LogP contribution in [0.4, 0.5) is 4.79 Å². The minimum Gasteiger partial charge on any atom is -0.479 e. The minimum atomic E-state index is -1.20. The molecule has 1 fully saturated rings. The van der Waals surface area contributed by atoms with E-state index in [4.69, 9.17) is 9.84 Å². The van der Waals surface area contributed by atoms with E-state index in [-0.39, 0.29) is 12.1 Å². The maximum Gasteiger partial charge on any atom is 0.334 e. The Labute approximate surface area is 137 Å². The molecule has 9 nitrogen and oxygen atoms in total. The van der Waals surface area contributed by atoms with Crippen LogP contribution in [0.15, 0.2) is 24.3 Å². The van der Waals surface area contributed by atoms with Gasteiger partial charge in [-0.1, -0.05) is 12.1 Å². The first-order valence-electron chi connectivity index (χ1n) is 7.06. The SMILES string of the molecule is COC(CNC(=O)c1ccc(C2(C)NC(=O)NC2=O)cc1)C(=O)O. The molecular formula is C15H17N3O6. The summed E-state index contributed by atoms with van der Waals surface area (Å²) in [7, 11) is 1.24. The molecule has 1 heterocycles. The first-order chi connectivity index (χ1) is 11.3. The molecule has 1 saturated heterocycles. The summed E-state index contributed by atoms with van der Waals surface area (Å²) in [6.45, 7) is 1.38. The Morgan fingerprint density at radius 1 is 1.29 bits per heavy atom. The molecule has 0 saturated carbocycles. The van der Waals surface area contributed by atoms with Gasteiger partial charge in [-0.15, -0.1) is 0 Å². The quantitative estimate of drug-likeness (QED) is 0.521. The summed E-state index contributed by atoms with van der Waals surface area (Å²) in [5.74, 6) is -2.13. The van der Waals surface area contributed by atoms with Crippen LogP contribution in [-0.4, -0.2) is 48.7 Å². The van der Waals surface area contributed by atoms with Gasteiger partial charge in [0.25, 0.3) is 11.8 Å². The number of urea groups is 1. The molecule has 2 unspecified atom stereocenters. The fourth-order valence-corrected chi connectivity index (χ4v) is 2.26. The number of carboxylic acid groups (broad SMARTS) is 1. The number of nitrogens with one attached hydrogen (secondary N) is 3. The number of methoxy groups -OCH3 is 1. The Morgan fingerprint density at radius 3 is 2.38 bits per heavy atom. The zero-order valence-corrected chi connectivity index (χ0v) is 13.1. The van der Waals surface area contributed by atoms with Crippen molar-refractivity contribution in [3.63, 3.8) is 0 Å². The van der Waals surface area contributed by atoms with E-state index >= 15 is 0 Å². The maximum absolute atomic E-state index is 12.0. The van der Waals surface area contributed by atoms with Crippen LogP contribution in [0.25, 0.3) is 0 Å². The predicted molar refractivity (Wildman–Crippen MR) is 81.2 cm³/mol. The molecule has 0 bridgehead atoms. The van der Waals surface area contributed by atoms with Crippen LogP contribution >= 0.6 is 0 Å². The Kier molecular flexibility index (Phi) is 4.84. The average Bonchev–Trinajstić information content (AvgIpc) is 2.81. The summed E-state index contributed by atoms with van der Waals surface area (Å²) < 4.78 is 4.72. The molecule has 4 amide bonds. The molecule has 128 valence electrons. The number of amides is 4. The van der Waals surface area contributed by atoms with E-state index < -0.39 is 35.5 Å². The number of rotatable bonds is 6. The Hall–Kier alpha value is -2.94. The van der Waals surface area contributed by atoms with Gasteiger partial charge in [-0.3, -0.25) is 14.9 Å². The lowest BCUT2D eigenvalue weighted by Gasteiger charge is -2.21. The van der Waals surface area contributed by atoms with Gasteiger partial charge in [-0.2, -0.15) is 0 Å². The van der Waals surface area contributed by atoms with Gasteiger partial charge < -0.3 is 20.5 Å². The highest BCUT2D eigenvalue weighted by molar-refractivity contribution is 6.07. The van der Waals surface area contributed by atoms with E-state index in [1.54, 1.807) is 19.1 Å². The fraction of sp³-hybridized carbons (Fsp3) is 0.333. The van der Waals surface area contributed by atoms with E-state index in [2.05, 4.69) is 16.0 Å². The zero-order valence-electron chi connectivity index (χ0n) is 13.1. The van der Waals surface area contributed by atoms with Crippen LogP contribution in [0.1, 0.15) is 22.8 Å². The van der Waals surface area contributed by atoms with E-state index in [1.165, 1.54) is 19.2 Å². The van der Waals surface area contributed by atoms with E-state index in [0.717, 1.165) is 0 Å². The average molecular weight is 335 g/mol. The number of benzene rings is 1. The minimum absolute atomic E-state index is 0.178. The van der Waals surface area contributed by atoms with Gasteiger partial charge in [0.05, 0.1) is 6.54 Å². The molecule has 1 aromatic rings. The number of imide groups is 1. The zero-order chi connectivity index (χ0) is 17.9. The molecule has 24 heavy (non-hydrogen) atoms. The van der Waals surface area contributed by atoms with E-state index in [0.29, 0.717) is 5.56 Å². The fourth-order valence-electron chi connectivity index (χ4n) is 2.26. The summed E-state index contributed by atoms with van der Waals surface area (Å²) in [6.07, 6.45) is -1.13. The van der Waals surface area contributed by atoms with Crippen LogP contribution in [0.3, 0.4) is 0 Å². The van der Waals surface area contributed by atoms with Crippen LogP contribution in [-0.2, 0) is 19.9 Å². The van der Waals surface area contributed by atoms with Crippen molar-refractivity contribution in [2.75, 3.05) is 13.7 Å². The monoisotopic (exact) mass is 335 g/mol. The van der Waals surface area contributed by atoms with Crippen molar-refractivity contribution < 1.29 is 29.0 Å². The van der Waals surface area contributed by atoms with E-state index in [1.807, 2.05) is 0 Å². The second-order valence-corrected chi connectivity index (χ2v) is 5.38. The smallest absolute Gasteiger partial charge is 0.334 e. The molecule has 9 heteroatoms. The third kappa shape index (κ3) is 3.35. The first kappa shape index (κ1) is 17.4. The molecule has 4 N–H and O–H groups in total. The van der Waals surface area contributed by atoms with Gasteiger partial charge >= 0.3 is 12.0 Å². The standard InChI is InChI=1S/C15H17N3O6/c1-15(13(22)17-14(23)18-15)9-5-3-8(4-6-9)11(19)16-7-10(24-2)12(20)21/h3-6,10H,7H2,1-2H3,(H,16,19)(H,20,21)(H2,17,18,22,23). The van der Waals surface area contributed by atoms with Gasteiger partial charge in [-0.25, -0.2) is 9.59 Å². The van der Waals surface area contributed by atoms with Crippen molar-refractivity contribution in [2.24, 2.45) is 0 Å². The third-order valence-corrected chi connectivity index (χ3v) is 3.78. The first-order valence-corrected chi connectivity index (χ1v) is 7.06. The van der Waals surface area contributed by atoms with E-state index in [9.17, 15) is 19.2 Å². The molecule has 0 spiro atoms. The topological polar surface area (TPSA) is 134 Å². The summed E-state index contributed by atoms with van der Waals surface area (Å²) in [5, 5.41) is 16.0. The third-order valence-electron chi connectivity index (χ3n) is 3.78. The summed E-state index contributed by atoms with van der Waals surface area (Å²) in [4.78, 5) is 46.0. The van der Waals surface area contributed by atoms with Gasteiger partial charge in [0.1, 0.15) is 5.54 Å². The highest BCUT2D eigenvalue weighted by Gasteiger charge is 2.43. The number of hydrogen-bond acceptors (Lipinski definition) is 5. The highest BCUT2D eigenvalue weighted by atomic mass is 16.5. The highest BCUT2D eigenvalue weighted by Crippen LogP contribution is 2.24. The van der Waals surface area contributed by atoms with Crippen LogP contribution in [0, 0.1) is 0 Å². The molecule has 1 aliphatic heterocycles. The number of hydrogen-bond donors (Lipinski definition) is 4. The Balaban J connectivity index is 2.07. The summed E-state index contributed by atoms with van der Waals surface area (Å²) in [6, 6.07) is 5.48. The van der Waals surface area contributed by atoms with Crippen molar-refractivity contribution in [1.29, 1.82) is 0 Å². The molecular weight excluding hydrogens is 318 g/mol. The largest absolute Gasteiger partial charge is 0.479 e. The Morgan fingerprint density at radius 2 is 1.92 bits per heavy atom. The van der Waals surface area contributed by atoms with Gasteiger partial charge in [0.2, 0.25) is 0 Å². The van der Waals surface area contributed by atoms with Crippen LogP contribution in [0.5, 0.6) is 0 Å². The lowest BCUT2D eigenvalue weighted by atomic mass is 9.91. The molecule has 1 aromatic carbocycles. The van der Waals surface area contributed by atoms with Crippen molar-refractivity contribution in [2.45, 2.75) is 18.6 Å². The van der Waals surface area contributed by atoms with Crippen LogP contribution in [0.2, 0.25) is 0 Å². The summed E-state index contributed by atoms with van der Waals surface area (Å²) >= 11 is 0. The molecule has 2 rings (SSSR count). The summed E-state index contributed by atoms with van der Waals surface area (Å²) in [5.41, 5.74) is -0.397. The Bertz CT molecular complexity index is 687. The lowest BCUT2D eigenvalue weighted by Crippen LogP contribution is -2.40. The second kappa shape index (κ2) is 6.67. The number of carboxylic acids is 1. The number of carbonyl (C=O) groups excluding carboxylic acids is 3. The van der Waals surface area contributed by atoms with Gasteiger partial charge in [-0.05, 0) is 24.6 Å². The molecule has 0 aliphatic carbocycles. The second-order valence-electron chi connectivity index (χ2n) is 5.38. The number of carbonyl (C=O) groups is 4. The van der Waals surface area contributed by atoms with Crippen LogP contribution < -0.4 is 16.0 Å². The number of ether oxygens (including phenoxy) is 1. The molecule has 0 radical (unpaired) electrons. The van der Waals surface area contributed by atoms with Gasteiger partial charge in [0.15, 0.2) is 6.10 Å². The maximum atomic E-state index is 12.0. The van der Waals surface area contributed by atoms with Gasteiger partial charge in [0, 0.05) is 12.7 Å². The normalized spacial score (nSPS) is 20.9. The van der Waals surface area contributed by atoms with Crippen molar-refractivity contribution >= 4 is 23.8 Å². The molecule has 1 aliphatic rings. The molecule has 0 aromatic heterocycles. The molecule has 2 atom stereocenters. The lowest BCUT2D eigenvalue weighted by molar-refractivity contribution is -0.148. The predicted octanol–water partition coefficient (Wildman–Crippen LogP) is -0.429. The van der Waals surface area contributed by atoms with Crippen molar-refractivity contribution in [3.05, 3.63) is 35.4 Å². The van der Waals surface area contributed by atoms with Crippen molar-refractivity contribution in [3.8, 4) is 0 Å². The number of aliphatic carboxylic acids is 1.